The molecule has 5 heteroatoms. The molecule has 0 saturated heterocycles. The molecule has 0 fully saturated rings. The number of nitrogens with two attached hydrogens (primary N) is 1. The Morgan fingerprint density at radius 3 is 3.12 bits per heavy atom. The second-order valence-corrected chi connectivity index (χ2v) is 5.07. The summed E-state index contributed by atoms with van der Waals surface area (Å²) in [7, 11) is 0. The first kappa shape index (κ1) is 10.7. The van der Waals surface area contributed by atoms with Crippen LogP contribution < -0.4 is 10.6 Å². The molecule has 0 aromatic carbocycles. The molecule has 0 radical (unpaired) electrons. The van der Waals surface area contributed by atoms with Crippen LogP contribution in [0.4, 0.5) is 5.82 Å². The standard InChI is InChI=1S/C12H14N4S/c13-7-10-12(15-4-3-14-10)16-5-1-11-9(8-16)2-6-17-11/h2-4,6H,1,5,7-8,13H2. The van der Waals surface area contributed by atoms with Crippen molar-refractivity contribution in [3.8, 4) is 0 Å². The molecule has 0 atom stereocenters. The van der Waals surface area contributed by atoms with E-state index in [1.54, 1.807) is 12.4 Å². The number of hydrogen-bond donors (Lipinski definition) is 1. The highest BCUT2D eigenvalue weighted by Gasteiger charge is 2.20. The van der Waals surface area contributed by atoms with Gasteiger partial charge in [-0.3, -0.25) is 4.98 Å². The van der Waals surface area contributed by atoms with Gasteiger partial charge in [0.15, 0.2) is 5.82 Å². The van der Waals surface area contributed by atoms with Crippen molar-refractivity contribution in [2.75, 3.05) is 11.4 Å². The fourth-order valence-corrected chi connectivity index (χ4v) is 3.09. The first-order valence-corrected chi connectivity index (χ1v) is 6.56. The molecule has 88 valence electrons. The highest BCUT2D eigenvalue weighted by atomic mass is 32.1. The summed E-state index contributed by atoms with van der Waals surface area (Å²) in [5.74, 6) is 0.937. The van der Waals surface area contributed by atoms with Crippen LogP contribution in [0.2, 0.25) is 0 Å². The van der Waals surface area contributed by atoms with Crippen LogP contribution >= 0.6 is 11.3 Å². The lowest BCUT2D eigenvalue weighted by atomic mass is 10.1. The van der Waals surface area contributed by atoms with Gasteiger partial charge in [0.05, 0.1) is 5.69 Å². The lowest BCUT2D eigenvalue weighted by molar-refractivity contribution is 0.720. The van der Waals surface area contributed by atoms with E-state index in [1.807, 2.05) is 11.3 Å². The van der Waals surface area contributed by atoms with E-state index in [9.17, 15) is 0 Å². The van der Waals surface area contributed by atoms with Crippen molar-refractivity contribution in [3.05, 3.63) is 40.0 Å². The van der Waals surface area contributed by atoms with E-state index in [2.05, 4.69) is 26.3 Å². The summed E-state index contributed by atoms with van der Waals surface area (Å²) < 4.78 is 0. The molecular weight excluding hydrogens is 232 g/mol. The predicted molar refractivity (Wildman–Crippen MR) is 69.0 cm³/mol. The van der Waals surface area contributed by atoms with E-state index in [0.29, 0.717) is 6.54 Å². The van der Waals surface area contributed by atoms with Crippen molar-refractivity contribution in [2.24, 2.45) is 5.73 Å². The van der Waals surface area contributed by atoms with E-state index >= 15 is 0 Å². The molecule has 3 rings (SSSR count). The van der Waals surface area contributed by atoms with Crippen LogP contribution in [0.1, 0.15) is 16.1 Å². The average molecular weight is 246 g/mol. The first-order valence-electron chi connectivity index (χ1n) is 5.68. The number of nitrogens with zero attached hydrogens (tertiary/aromatic N) is 3. The van der Waals surface area contributed by atoms with Gasteiger partial charge in [-0.15, -0.1) is 11.3 Å². The molecule has 2 N–H and O–H groups in total. The third-order valence-corrected chi connectivity index (χ3v) is 4.08. The minimum atomic E-state index is 0.441. The Morgan fingerprint density at radius 1 is 1.35 bits per heavy atom. The number of rotatable bonds is 2. The highest BCUT2D eigenvalue weighted by Crippen LogP contribution is 2.27. The Bertz CT molecular complexity index is 523. The molecule has 1 aliphatic rings. The summed E-state index contributed by atoms with van der Waals surface area (Å²) >= 11 is 1.85. The molecule has 0 unspecified atom stereocenters. The highest BCUT2D eigenvalue weighted by molar-refractivity contribution is 7.10. The van der Waals surface area contributed by atoms with E-state index in [4.69, 9.17) is 5.73 Å². The van der Waals surface area contributed by atoms with Gasteiger partial charge in [0.25, 0.3) is 0 Å². The summed E-state index contributed by atoms with van der Waals surface area (Å²) in [5, 5.41) is 2.16. The Hall–Kier alpha value is -1.46. The van der Waals surface area contributed by atoms with Crippen LogP contribution in [-0.2, 0) is 19.5 Å². The van der Waals surface area contributed by atoms with Gasteiger partial charge in [-0.05, 0) is 23.4 Å². The van der Waals surface area contributed by atoms with Crippen molar-refractivity contribution < 1.29 is 0 Å². The summed E-state index contributed by atoms with van der Waals surface area (Å²) in [4.78, 5) is 12.5. The normalized spacial score (nSPS) is 14.8. The zero-order valence-corrected chi connectivity index (χ0v) is 10.3. The maximum Gasteiger partial charge on any atom is 0.151 e. The fraction of sp³-hybridized carbons (Fsp3) is 0.333. The zero-order chi connectivity index (χ0) is 11.7. The van der Waals surface area contributed by atoms with Gasteiger partial charge in [-0.2, -0.15) is 0 Å². The summed E-state index contributed by atoms with van der Waals surface area (Å²) in [6.45, 7) is 2.36. The van der Waals surface area contributed by atoms with Gasteiger partial charge < -0.3 is 10.6 Å². The second kappa shape index (κ2) is 4.43. The Balaban J connectivity index is 1.91. The number of thiophene rings is 1. The van der Waals surface area contributed by atoms with Gasteiger partial charge in [-0.1, -0.05) is 0 Å². The number of fused-ring (bicyclic) bond motifs is 1. The Morgan fingerprint density at radius 2 is 2.24 bits per heavy atom. The van der Waals surface area contributed by atoms with Crippen LogP contribution in [0.15, 0.2) is 23.8 Å². The smallest absolute Gasteiger partial charge is 0.151 e. The fourth-order valence-electron chi connectivity index (χ4n) is 2.20. The quantitative estimate of drug-likeness (QED) is 0.873. The first-order chi connectivity index (χ1) is 8.38. The van der Waals surface area contributed by atoms with Gasteiger partial charge in [0.1, 0.15) is 0 Å². The minimum Gasteiger partial charge on any atom is -0.350 e. The van der Waals surface area contributed by atoms with Gasteiger partial charge in [0.2, 0.25) is 0 Å². The lowest BCUT2D eigenvalue weighted by Crippen LogP contribution is -2.31. The van der Waals surface area contributed by atoms with E-state index < -0.39 is 0 Å². The number of anilines is 1. The third-order valence-electron chi connectivity index (χ3n) is 3.05. The SMILES string of the molecule is NCc1nccnc1N1CCc2sccc2C1. The molecule has 2 aromatic heterocycles. The lowest BCUT2D eigenvalue weighted by Gasteiger charge is -2.28. The van der Waals surface area contributed by atoms with Crippen molar-refractivity contribution in [1.29, 1.82) is 0 Å². The number of aromatic nitrogens is 2. The van der Waals surface area contributed by atoms with Crippen LogP contribution in [0.25, 0.3) is 0 Å². The van der Waals surface area contributed by atoms with Crippen LogP contribution in [0.3, 0.4) is 0 Å². The third kappa shape index (κ3) is 1.92. The topological polar surface area (TPSA) is 55.0 Å². The zero-order valence-electron chi connectivity index (χ0n) is 9.47. The molecule has 17 heavy (non-hydrogen) atoms. The molecule has 0 bridgehead atoms. The maximum atomic E-state index is 5.70. The maximum absolute atomic E-state index is 5.70. The molecule has 0 amide bonds. The molecule has 1 aliphatic heterocycles. The van der Waals surface area contributed by atoms with Crippen molar-refractivity contribution in [1.82, 2.24) is 9.97 Å². The molecule has 0 aliphatic carbocycles. The number of hydrogen-bond acceptors (Lipinski definition) is 5. The largest absolute Gasteiger partial charge is 0.350 e. The van der Waals surface area contributed by atoms with Gasteiger partial charge in [0, 0.05) is 36.9 Å². The van der Waals surface area contributed by atoms with E-state index in [0.717, 1.165) is 31.0 Å². The van der Waals surface area contributed by atoms with Gasteiger partial charge >= 0.3 is 0 Å². The molecule has 0 spiro atoms. The van der Waals surface area contributed by atoms with Crippen LogP contribution in [-0.4, -0.2) is 16.5 Å². The molecular formula is C12H14N4S. The molecule has 0 saturated carbocycles. The summed E-state index contributed by atoms with van der Waals surface area (Å²) in [6, 6.07) is 2.20. The van der Waals surface area contributed by atoms with E-state index in [-0.39, 0.29) is 0 Å². The van der Waals surface area contributed by atoms with Crippen LogP contribution in [0.5, 0.6) is 0 Å². The van der Waals surface area contributed by atoms with Crippen molar-refractivity contribution >= 4 is 17.2 Å². The molecule has 3 heterocycles. The van der Waals surface area contributed by atoms with Crippen LogP contribution in [0, 0.1) is 0 Å². The second-order valence-electron chi connectivity index (χ2n) is 4.07. The summed E-state index contributed by atoms with van der Waals surface area (Å²) in [6.07, 6.45) is 4.52. The minimum absolute atomic E-state index is 0.441. The monoisotopic (exact) mass is 246 g/mol. The Labute approximate surface area is 104 Å². The Kier molecular flexibility index (Phi) is 2.78. The molecule has 4 nitrogen and oxygen atoms in total. The van der Waals surface area contributed by atoms with Crippen molar-refractivity contribution in [2.45, 2.75) is 19.5 Å². The average Bonchev–Trinajstić information content (AvgIpc) is 2.85. The predicted octanol–water partition coefficient (Wildman–Crippen LogP) is 1.56. The summed E-state index contributed by atoms with van der Waals surface area (Å²) in [5.41, 5.74) is 8.00. The molecule has 2 aromatic rings. The van der Waals surface area contributed by atoms with E-state index in [1.165, 1.54) is 10.4 Å². The van der Waals surface area contributed by atoms with Gasteiger partial charge in [-0.25, -0.2) is 4.98 Å². The van der Waals surface area contributed by atoms with Crippen molar-refractivity contribution in [3.63, 3.8) is 0 Å².